The van der Waals surface area contributed by atoms with Crippen LogP contribution in [0.4, 0.5) is 0 Å². The first-order valence-corrected chi connectivity index (χ1v) is 6.19. The fourth-order valence-electron chi connectivity index (χ4n) is 2.13. The second kappa shape index (κ2) is 5.81. The summed E-state index contributed by atoms with van der Waals surface area (Å²) < 4.78 is 1.57. The summed E-state index contributed by atoms with van der Waals surface area (Å²) in [5, 5.41) is 22.2. The van der Waals surface area contributed by atoms with Crippen LogP contribution in [-0.2, 0) is 6.54 Å². The largest absolute Gasteiger partial charge is 0.478 e. The summed E-state index contributed by atoms with van der Waals surface area (Å²) in [7, 11) is 0. The lowest BCUT2D eigenvalue weighted by molar-refractivity contribution is 0.0699. The number of likely N-dealkylation sites (N-methyl/N-ethyl adjacent to an activating group) is 1. The quantitative estimate of drug-likeness (QED) is 0.807. The standard InChI is InChI=1S/C13H17N3O3/c1-2-15(6-7-17)9-10-4-3-5-16-12(10)11(8-14-16)13(18)19/h3-5,8,17H,2,6-7,9H2,1H3,(H,18,19). The zero-order valence-corrected chi connectivity index (χ0v) is 10.8. The molecule has 0 unspecified atom stereocenters. The molecule has 2 aromatic rings. The van der Waals surface area contributed by atoms with Crippen molar-refractivity contribution in [2.45, 2.75) is 13.5 Å². The normalized spacial score (nSPS) is 11.3. The van der Waals surface area contributed by atoms with Gasteiger partial charge >= 0.3 is 5.97 Å². The van der Waals surface area contributed by atoms with Gasteiger partial charge in [0.25, 0.3) is 0 Å². The van der Waals surface area contributed by atoms with Crippen LogP contribution in [0.2, 0.25) is 0 Å². The molecule has 2 N–H and O–H groups in total. The molecule has 0 saturated heterocycles. The lowest BCUT2D eigenvalue weighted by Gasteiger charge is -2.19. The highest BCUT2D eigenvalue weighted by atomic mass is 16.4. The Morgan fingerprint density at radius 3 is 2.95 bits per heavy atom. The van der Waals surface area contributed by atoms with Crippen LogP contribution in [0.25, 0.3) is 5.52 Å². The van der Waals surface area contributed by atoms with E-state index in [9.17, 15) is 9.90 Å². The SMILES string of the molecule is CCN(CCO)Cc1cccn2ncc(C(=O)O)c12. The van der Waals surface area contributed by atoms with Crippen molar-refractivity contribution in [2.24, 2.45) is 0 Å². The van der Waals surface area contributed by atoms with Crippen LogP contribution in [0.3, 0.4) is 0 Å². The van der Waals surface area contributed by atoms with Crippen molar-refractivity contribution >= 4 is 11.5 Å². The fraction of sp³-hybridized carbons (Fsp3) is 0.385. The van der Waals surface area contributed by atoms with Gasteiger partial charge in [0.2, 0.25) is 0 Å². The Morgan fingerprint density at radius 1 is 1.53 bits per heavy atom. The highest BCUT2D eigenvalue weighted by Crippen LogP contribution is 2.17. The number of carbonyl (C=O) groups is 1. The van der Waals surface area contributed by atoms with Gasteiger partial charge in [0.15, 0.2) is 0 Å². The molecule has 0 aliphatic carbocycles. The molecule has 0 spiro atoms. The van der Waals surface area contributed by atoms with Crippen LogP contribution in [0, 0.1) is 0 Å². The summed E-state index contributed by atoms with van der Waals surface area (Å²) in [6.45, 7) is 4.03. The molecule has 0 amide bonds. The van der Waals surface area contributed by atoms with Crippen molar-refractivity contribution in [2.75, 3.05) is 19.7 Å². The fourth-order valence-corrected chi connectivity index (χ4v) is 2.13. The number of rotatable bonds is 6. The van der Waals surface area contributed by atoms with E-state index in [1.165, 1.54) is 6.20 Å². The van der Waals surface area contributed by atoms with Crippen LogP contribution in [-0.4, -0.2) is 50.4 Å². The van der Waals surface area contributed by atoms with Gasteiger partial charge in [-0.25, -0.2) is 9.31 Å². The molecule has 0 fully saturated rings. The second-order valence-corrected chi connectivity index (χ2v) is 4.28. The Labute approximate surface area is 110 Å². The number of carboxylic acids is 1. The van der Waals surface area contributed by atoms with Gasteiger partial charge in [-0.1, -0.05) is 13.0 Å². The first-order valence-electron chi connectivity index (χ1n) is 6.19. The second-order valence-electron chi connectivity index (χ2n) is 4.28. The maximum Gasteiger partial charge on any atom is 0.339 e. The van der Waals surface area contributed by atoms with Crippen molar-refractivity contribution in [3.63, 3.8) is 0 Å². The van der Waals surface area contributed by atoms with Gasteiger partial charge in [0.05, 0.1) is 18.3 Å². The van der Waals surface area contributed by atoms with Crippen LogP contribution in [0.15, 0.2) is 24.5 Å². The van der Waals surface area contributed by atoms with E-state index in [1.807, 2.05) is 24.0 Å². The number of nitrogens with zero attached hydrogens (tertiary/aromatic N) is 3. The van der Waals surface area contributed by atoms with E-state index in [0.717, 1.165) is 12.1 Å². The molecule has 0 aliphatic rings. The molecule has 102 valence electrons. The first-order chi connectivity index (χ1) is 9.17. The van der Waals surface area contributed by atoms with E-state index in [4.69, 9.17) is 5.11 Å². The Bertz CT molecular complexity index is 580. The molecule has 0 atom stereocenters. The van der Waals surface area contributed by atoms with Gasteiger partial charge in [-0.2, -0.15) is 5.10 Å². The van der Waals surface area contributed by atoms with Crippen molar-refractivity contribution in [3.8, 4) is 0 Å². The highest BCUT2D eigenvalue weighted by Gasteiger charge is 2.15. The third kappa shape index (κ3) is 2.74. The van der Waals surface area contributed by atoms with E-state index in [-0.39, 0.29) is 12.2 Å². The average molecular weight is 263 g/mol. The monoisotopic (exact) mass is 263 g/mol. The molecule has 2 heterocycles. The number of aromatic carboxylic acids is 1. The van der Waals surface area contributed by atoms with E-state index < -0.39 is 5.97 Å². The molecule has 6 heteroatoms. The predicted molar refractivity (Wildman–Crippen MR) is 70.2 cm³/mol. The van der Waals surface area contributed by atoms with Crippen LogP contribution >= 0.6 is 0 Å². The van der Waals surface area contributed by atoms with Gasteiger partial charge in [-0.15, -0.1) is 0 Å². The summed E-state index contributed by atoms with van der Waals surface area (Å²) in [6.07, 6.45) is 3.09. The lowest BCUT2D eigenvalue weighted by Crippen LogP contribution is -2.26. The number of aliphatic hydroxyl groups is 1. The Balaban J connectivity index is 2.41. The number of aliphatic hydroxyl groups excluding tert-OH is 1. The minimum atomic E-state index is -0.979. The number of fused-ring (bicyclic) bond motifs is 1. The minimum Gasteiger partial charge on any atom is -0.478 e. The van der Waals surface area contributed by atoms with Gasteiger partial charge in [-0.3, -0.25) is 4.90 Å². The highest BCUT2D eigenvalue weighted by molar-refractivity contribution is 5.96. The van der Waals surface area contributed by atoms with Crippen LogP contribution < -0.4 is 0 Å². The minimum absolute atomic E-state index is 0.0853. The summed E-state index contributed by atoms with van der Waals surface area (Å²) in [5.41, 5.74) is 1.72. The van der Waals surface area contributed by atoms with E-state index in [1.54, 1.807) is 10.7 Å². The first kappa shape index (κ1) is 13.5. The summed E-state index contributed by atoms with van der Waals surface area (Å²) in [4.78, 5) is 13.3. The zero-order chi connectivity index (χ0) is 13.8. The zero-order valence-electron chi connectivity index (χ0n) is 10.8. The molecule has 19 heavy (non-hydrogen) atoms. The molecule has 0 saturated carbocycles. The molecule has 6 nitrogen and oxygen atoms in total. The third-order valence-corrected chi connectivity index (χ3v) is 3.11. The van der Waals surface area contributed by atoms with Crippen molar-refractivity contribution in [1.82, 2.24) is 14.5 Å². The molecular formula is C13H17N3O3. The number of hydrogen-bond donors (Lipinski definition) is 2. The number of pyridine rings is 1. The number of aromatic nitrogens is 2. The average Bonchev–Trinajstić information content (AvgIpc) is 2.83. The van der Waals surface area contributed by atoms with E-state index in [2.05, 4.69) is 5.10 Å². The predicted octanol–water partition coefficient (Wildman–Crippen LogP) is 0.847. The van der Waals surface area contributed by atoms with Crippen molar-refractivity contribution in [3.05, 3.63) is 35.7 Å². The Kier molecular flexibility index (Phi) is 4.13. The molecule has 0 aromatic carbocycles. The van der Waals surface area contributed by atoms with Crippen LogP contribution in [0.1, 0.15) is 22.8 Å². The summed E-state index contributed by atoms with van der Waals surface area (Å²) in [6, 6.07) is 3.73. The third-order valence-electron chi connectivity index (χ3n) is 3.11. The van der Waals surface area contributed by atoms with Gasteiger partial charge < -0.3 is 10.2 Å². The van der Waals surface area contributed by atoms with Crippen molar-refractivity contribution < 1.29 is 15.0 Å². The van der Waals surface area contributed by atoms with E-state index >= 15 is 0 Å². The molecule has 2 rings (SSSR count). The maximum absolute atomic E-state index is 11.2. The van der Waals surface area contributed by atoms with Gasteiger partial charge in [-0.05, 0) is 18.2 Å². The van der Waals surface area contributed by atoms with Gasteiger partial charge in [0, 0.05) is 19.3 Å². The molecular weight excluding hydrogens is 246 g/mol. The molecule has 0 radical (unpaired) electrons. The van der Waals surface area contributed by atoms with E-state index in [0.29, 0.717) is 18.6 Å². The molecule has 0 bridgehead atoms. The smallest absolute Gasteiger partial charge is 0.339 e. The number of hydrogen-bond acceptors (Lipinski definition) is 4. The Hall–Kier alpha value is -1.92. The van der Waals surface area contributed by atoms with Crippen molar-refractivity contribution in [1.29, 1.82) is 0 Å². The summed E-state index contributed by atoms with van der Waals surface area (Å²) in [5.74, 6) is -0.979. The summed E-state index contributed by atoms with van der Waals surface area (Å²) >= 11 is 0. The maximum atomic E-state index is 11.2. The Morgan fingerprint density at radius 2 is 2.32 bits per heavy atom. The topological polar surface area (TPSA) is 78.1 Å². The molecule has 0 aliphatic heterocycles. The lowest BCUT2D eigenvalue weighted by atomic mass is 10.1. The van der Waals surface area contributed by atoms with Gasteiger partial charge in [0.1, 0.15) is 5.56 Å². The van der Waals surface area contributed by atoms with Crippen LogP contribution in [0.5, 0.6) is 0 Å². The number of carboxylic acid groups (broad SMARTS) is 1. The molecule has 2 aromatic heterocycles.